The summed E-state index contributed by atoms with van der Waals surface area (Å²) in [5.41, 5.74) is 7.01. The van der Waals surface area contributed by atoms with Crippen LogP contribution in [0.2, 0.25) is 5.02 Å². The van der Waals surface area contributed by atoms with E-state index in [1.54, 1.807) is 0 Å². The number of anilines is 3. The lowest BCUT2D eigenvalue weighted by atomic mass is 10.0. The van der Waals surface area contributed by atoms with Gasteiger partial charge in [0.15, 0.2) is 5.58 Å². The second kappa shape index (κ2) is 8.16. The number of benzene rings is 5. The van der Waals surface area contributed by atoms with Crippen LogP contribution in [0, 0.1) is 0 Å². The molecular weight excluding hydrogens is 426 g/mol. The Kier molecular flexibility index (Phi) is 4.86. The van der Waals surface area contributed by atoms with Crippen molar-refractivity contribution in [2.75, 3.05) is 4.90 Å². The van der Waals surface area contributed by atoms with Gasteiger partial charge < -0.3 is 9.32 Å². The first-order chi connectivity index (χ1) is 16.3. The molecule has 0 aliphatic heterocycles. The normalized spacial score (nSPS) is 11.2. The van der Waals surface area contributed by atoms with Crippen LogP contribution in [0.15, 0.2) is 126 Å². The van der Waals surface area contributed by atoms with Gasteiger partial charge in [-0.1, -0.05) is 78.3 Å². The predicted octanol–water partition coefficient (Wildman–Crippen LogP) is 9.38. The summed E-state index contributed by atoms with van der Waals surface area (Å²) < 4.78 is 6.45. The molecule has 0 unspecified atom stereocenters. The number of rotatable bonds is 4. The van der Waals surface area contributed by atoms with Crippen molar-refractivity contribution in [2.45, 2.75) is 0 Å². The summed E-state index contributed by atoms with van der Waals surface area (Å²) in [6.45, 7) is 0. The molecule has 0 radical (unpaired) electrons. The van der Waals surface area contributed by atoms with Gasteiger partial charge in [-0.05, 0) is 59.7 Å². The Balaban J connectivity index is 1.71. The van der Waals surface area contributed by atoms with Gasteiger partial charge >= 0.3 is 0 Å². The van der Waals surface area contributed by atoms with Gasteiger partial charge in [0.25, 0.3) is 0 Å². The fraction of sp³-hybridized carbons (Fsp3) is 0. The molecule has 0 saturated carbocycles. The summed E-state index contributed by atoms with van der Waals surface area (Å²) >= 11 is 6.30. The number of furan rings is 1. The first kappa shape index (κ1) is 19.7. The highest BCUT2D eigenvalue weighted by Crippen LogP contribution is 2.44. The van der Waals surface area contributed by atoms with E-state index in [-0.39, 0.29) is 0 Å². The van der Waals surface area contributed by atoms with Crippen LogP contribution in [0.5, 0.6) is 0 Å². The van der Waals surface area contributed by atoms with Gasteiger partial charge in [0.1, 0.15) is 5.58 Å². The van der Waals surface area contributed by atoms with Crippen LogP contribution in [-0.4, -0.2) is 0 Å². The van der Waals surface area contributed by atoms with Gasteiger partial charge in [0.05, 0.1) is 5.69 Å². The third-order valence-electron chi connectivity index (χ3n) is 5.89. The van der Waals surface area contributed by atoms with Gasteiger partial charge in [-0.25, -0.2) is 0 Å². The van der Waals surface area contributed by atoms with Crippen LogP contribution in [0.25, 0.3) is 33.1 Å². The molecule has 1 aromatic heterocycles. The zero-order valence-electron chi connectivity index (χ0n) is 17.8. The van der Waals surface area contributed by atoms with Gasteiger partial charge in [0, 0.05) is 33.2 Å². The largest absolute Gasteiger partial charge is 0.454 e. The maximum absolute atomic E-state index is 6.45. The van der Waals surface area contributed by atoms with Crippen LogP contribution in [0.3, 0.4) is 0 Å². The van der Waals surface area contributed by atoms with Crippen LogP contribution in [0.4, 0.5) is 17.1 Å². The second-order valence-corrected chi connectivity index (χ2v) is 8.42. The van der Waals surface area contributed by atoms with Crippen molar-refractivity contribution >= 4 is 50.6 Å². The Morgan fingerprint density at radius 2 is 1.15 bits per heavy atom. The lowest BCUT2D eigenvalue weighted by Gasteiger charge is -2.26. The standard InChI is InChI=1S/C30H20ClNO/c31-23-16-17-26-27-18-22(21-10-4-1-5-11-21)19-28(30(27)33-29(26)20-23)32(24-12-6-2-7-13-24)25-14-8-3-9-15-25/h1-20H. The predicted molar refractivity (Wildman–Crippen MR) is 139 cm³/mol. The van der Waals surface area contributed by atoms with E-state index in [0.29, 0.717) is 5.02 Å². The van der Waals surface area contributed by atoms with E-state index in [2.05, 4.69) is 89.8 Å². The van der Waals surface area contributed by atoms with Crippen molar-refractivity contribution < 1.29 is 4.42 Å². The van der Waals surface area contributed by atoms with Crippen molar-refractivity contribution in [1.29, 1.82) is 0 Å². The summed E-state index contributed by atoms with van der Waals surface area (Å²) in [6.07, 6.45) is 0. The molecule has 0 fully saturated rings. The minimum Gasteiger partial charge on any atom is -0.454 e. The molecular formula is C30H20ClNO. The van der Waals surface area contributed by atoms with E-state index >= 15 is 0 Å². The quantitative estimate of drug-likeness (QED) is 0.268. The third kappa shape index (κ3) is 3.55. The van der Waals surface area contributed by atoms with E-state index in [4.69, 9.17) is 16.0 Å². The molecule has 6 rings (SSSR count). The van der Waals surface area contributed by atoms with Gasteiger partial charge in [-0.2, -0.15) is 0 Å². The molecule has 1 heterocycles. The fourth-order valence-electron chi connectivity index (χ4n) is 4.38. The van der Waals surface area contributed by atoms with E-state index in [1.807, 2.05) is 36.4 Å². The summed E-state index contributed by atoms with van der Waals surface area (Å²) in [6, 6.07) is 41.5. The monoisotopic (exact) mass is 445 g/mol. The van der Waals surface area contributed by atoms with Gasteiger partial charge in [-0.15, -0.1) is 0 Å². The Morgan fingerprint density at radius 1 is 0.545 bits per heavy atom. The summed E-state index contributed by atoms with van der Waals surface area (Å²) in [5, 5.41) is 2.78. The molecule has 0 spiro atoms. The summed E-state index contributed by atoms with van der Waals surface area (Å²) in [4.78, 5) is 2.25. The lowest BCUT2D eigenvalue weighted by molar-refractivity contribution is 0.669. The first-order valence-corrected chi connectivity index (χ1v) is 11.3. The van der Waals surface area contributed by atoms with Crippen molar-refractivity contribution in [1.82, 2.24) is 0 Å². The molecule has 0 bridgehead atoms. The molecule has 0 atom stereocenters. The van der Waals surface area contributed by atoms with E-state index in [0.717, 1.165) is 50.1 Å². The fourth-order valence-corrected chi connectivity index (χ4v) is 4.54. The van der Waals surface area contributed by atoms with Crippen molar-refractivity contribution in [3.63, 3.8) is 0 Å². The molecule has 158 valence electrons. The molecule has 0 saturated heterocycles. The average Bonchev–Trinajstić information content (AvgIpc) is 3.24. The molecule has 2 nitrogen and oxygen atoms in total. The van der Waals surface area contributed by atoms with Crippen LogP contribution in [0.1, 0.15) is 0 Å². The highest BCUT2D eigenvalue weighted by atomic mass is 35.5. The number of nitrogens with zero attached hydrogens (tertiary/aromatic N) is 1. The van der Waals surface area contributed by atoms with E-state index < -0.39 is 0 Å². The zero-order chi connectivity index (χ0) is 22.2. The SMILES string of the molecule is Clc1ccc2c(c1)oc1c(N(c3ccccc3)c3ccccc3)cc(-c3ccccc3)cc12. The number of hydrogen-bond acceptors (Lipinski definition) is 2. The maximum atomic E-state index is 6.45. The Morgan fingerprint density at radius 3 is 1.79 bits per heavy atom. The van der Waals surface area contributed by atoms with Crippen molar-refractivity contribution in [2.24, 2.45) is 0 Å². The number of halogens is 1. The Bertz CT molecular complexity index is 1520. The molecule has 5 aromatic carbocycles. The average molecular weight is 446 g/mol. The molecule has 0 amide bonds. The Labute approximate surface area is 197 Å². The Hall–Kier alpha value is -4.01. The summed E-state index contributed by atoms with van der Waals surface area (Å²) in [5.74, 6) is 0. The molecule has 3 heteroatoms. The van der Waals surface area contributed by atoms with E-state index in [9.17, 15) is 0 Å². The summed E-state index contributed by atoms with van der Waals surface area (Å²) in [7, 11) is 0. The molecule has 6 aromatic rings. The number of para-hydroxylation sites is 2. The number of hydrogen-bond donors (Lipinski definition) is 0. The van der Waals surface area contributed by atoms with Crippen LogP contribution >= 0.6 is 11.6 Å². The first-order valence-electron chi connectivity index (χ1n) is 10.9. The third-order valence-corrected chi connectivity index (χ3v) is 6.13. The molecule has 33 heavy (non-hydrogen) atoms. The highest BCUT2D eigenvalue weighted by Gasteiger charge is 2.21. The maximum Gasteiger partial charge on any atom is 0.159 e. The molecule has 0 aliphatic carbocycles. The van der Waals surface area contributed by atoms with E-state index in [1.165, 1.54) is 0 Å². The topological polar surface area (TPSA) is 16.4 Å². The van der Waals surface area contributed by atoms with Crippen molar-refractivity contribution in [3.8, 4) is 11.1 Å². The van der Waals surface area contributed by atoms with Crippen LogP contribution in [-0.2, 0) is 0 Å². The van der Waals surface area contributed by atoms with Crippen molar-refractivity contribution in [3.05, 3.63) is 126 Å². The minimum absolute atomic E-state index is 0.661. The van der Waals surface area contributed by atoms with Gasteiger partial charge in [0.2, 0.25) is 0 Å². The minimum atomic E-state index is 0.661. The van der Waals surface area contributed by atoms with Crippen LogP contribution < -0.4 is 4.90 Å². The highest BCUT2D eigenvalue weighted by molar-refractivity contribution is 6.31. The zero-order valence-corrected chi connectivity index (χ0v) is 18.5. The molecule has 0 N–H and O–H groups in total. The number of fused-ring (bicyclic) bond motifs is 3. The smallest absolute Gasteiger partial charge is 0.159 e. The lowest BCUT2D eigenvalue weighted by Crippen LogP contribution is -2.10. The van der Waals surface area contributed by atoms with Gasteiger partial charge in [-0.3, -0.25) is 0 Å². The molecule has 0 aliphatic rings. The second-order valence-electron chi connectivity index (χ2n) is 7.99.